The van der Waals surface area contributed by atoms with Crippen LogP contribution >= 0.6 is 11.8 Å². The number of carboxylic acids is 1. The summed E-state index contributed by atoms with van der Waals surface area (Å²) in [5.74, 6) is -4.52. The van der Waals surface area contributed by atoms with Crippen molar-refractivity contribution in [3.05, 3.63) is 0 Å². The molecule has 0 aromatic heterocycles. The fraction of sp³-hybridized carbons (Fsp3) is 0.800. The Labute approximate surface area is 116 Å². The summed E-state index contributed by atoms with van der Waals surface area (Å²) in [6, 6.07) is -1.58. The molecule has 20 heavy (non-hydrogen) atoms. The van der Waals surface area contributed by atoms with Crippen LogP contribution in [0.3, 0.4) is 0 Å². The predicted molar refractivity (Wildman–Crippen MR) is 64.4 cm³/mol. The Kier molecular flexibility index (Phi) is 5.90. The summed E-state index contributed by atoms with van der Waals surface area (Å²) < 4.78 is 49.3. The van der Waals surface area contributed by atoms with E-state index < -0.39 is 36.9 Å². The Morgan fingerprint density at radius 1 is 1.45 bits per heavy atom. The number of rotatable bonds is 5. The first-order chi connectivity index (χ1) is 9.24. The van der Waals surface area contributed by atoms with Crippen molar-refractivity contribution in [2.45, 2.75) is 24.8 Å². The molecule has 2 N–H and O–H groups in total. The van der Waals surface area contributed by atoms with Crippen LogP contribution in [0.4, 0.5) is 22.4 Å². The van der Waals surface area contributed by atoms with E-state index in [4.69, 9.17) is 5.11 Å². The van der Waals surface area contributed by atoms with Crippen LogP contribution in [0.2, 0.25) is 0 Å². The third kappa shape index (κ3) is 4.73. The lowest BCUT2D eigenvalue weighted by atomic mass is 10.2. The summed E-state index contributed by atoms with van der Waals surface area (Å²) in [6.45, 7) is -1.29. The zero-order valence-electron chi connectivity index (χ0n) is 10.3. The molecule has 1 atom stereocenters. The number of urea groups is 1. The third-order valence-electron chi connectivity index (χ3n) is 2.69. The number of amides is 2. The lowest BCUT2D eigenvalue weighted by molar-refractivity contribution is -0.138. The first-order valence-corrected chi connectivity index (χ1v) is 6.89. The Morgan fingerprint density at radius 2 is 2.10 bits per heavy atom. The molecule has 1 rings (SSSR count). The number of aliphatic carboxylic acids is 1. The van der Waals surface area contributed by atoms with E-state index in [0.717, 1.165) is 4.90 Å². The second-order valence-corrected chi connectivity index (χ2v) is 5.39. The maximum atomic E-state index is 12.7. The normalized spacial score (nSPS) is 20.1. The number of carboxylic acid groups (broad SMARTS) is 1. The Hall–Kier alpha value is -1.19. The van der Waals surface area contributed by atoms with Crippen LogP contribution in [0.25, 0.3) is 0 Å². The Balaban J connectivity index is 2.57. The molecule has 0 spiro atoms. The van der Waals surface area contributed by atoms with E-state index >= 15 is 0 Å². The molecule has 5 nitrogen and oxygen atoms in total. The summed E-state index contributed by atoms with van der Waals surface area (Å²) >= 11 is 1.44. The van der Waals surface area contributed by atoms with E-state index in [1.807, 2.05) is 0 Å². The molecule has 1 fully saturated rings. The molecule has 0 aromatic carbocycles. The minimum absolute atomic E-state index is 0.189. The van der Waals surface area contributed by atoms with Crippen molar-refractivity contribution < 1.29 is 32.3 Å². The second-order valence-electron chi connectivity index (χ2n) is 4.24. The molecule has 0 aliphatic carbocycles. The van der Waals surface area contributed by atoms with E-state index in [-0.39, 0.29) is 13.0 Å². The van der Waals surface area contributed by atoms with Gasteiger partial charge in [-0.05, 0) is 0 Å². The number of carbonyl (C=O) groups is 2. The molecule has 1 aliphatic heterocycles. The van der Waals surface area contributed by atoms with Crippen molar-refractivity contribution in [3.63, 3.8) is 0 Å². The molecule has 0 bridgehead atoms. The predicted octanol–water partition coefficient (Wildman–Crippen LogP) is 1.49. The number of hydrogen-bond acceptors (Lipinski definition) is 3. The van der Waals surface area contributed by atoms with Crippen molar-refractivity contribution in [3.8, 4) is 0 Å². The highest BCUT2D eigenvalue weighted by Gasteiger charge is 2.41. The number of nitrogens with one attached hydrogen (secondary N) is 1. The smallest absolute Gasteiger partial charge is 0.324 e. The van der Waals surface area contributed by atoms with E-state index in [2.05, 4.69) is 0 Å². The van der Waals surface area contributed by atoms with Gasteiger partial charge in [0.15, 0.2) is 0 Å². The lowest BCUT2D eigenvalue weighted by Crippen LogP contribution is -2.53. The summed E-state index contributed by atoms with van der Waals surface area (Å²) in [6.07, 6.45) is -4.18. The van der Waals surface area contributed by atoms with Crippen molar-refractivity contribution in [2.24, 2.45) is 0 Å². The topological polar surface area (TPSA) is 69.6 Å². The summed E-state index contributed by atoms with van der Waals surface area (Å²) in [4.78, 5) is 23.5. The fourth-order valence-electron chi connectivity index (χ4n) is 1.67. The van der Waals surface area contributed by atoms with Gasteiger partial charge in [0.1, 0.15) is 0 Å². The SMILES string of the molecule is O=C(O)CC1CSCCN1C(=O)NCC(F)(F)C(F)F. The van der Waals surface area contributed by atoms with Gasteiger partial charge >= 0.3 is 24.3 Å². The molecule has 10 heteroatoms. The maximum absolute atomic E-state index is 12.7. The van der Waals surface area contributed by atoms with Crippen molar-refractivity contribution in [1.82, 2.24) is 10.2 Å². The molecule has 1 saturated heterocycles. The first kappa shape index (κ1) is 16.9. The van der Waals surface area contributed by atoms with Gasteiger partial charge in [-0.15, -0.1) is 0 Å². The zero-order chi connectivity index (χ0) is 15.3. The zero-order valence-corrected chi connectivity index (χ0v) is 11.1. The monoisotopic (exact) mass is 318 g/mol. The standard InChI is InChI=1S/C10H14F4N2O3S/c11-8(12)10(13,14)5-15-9(19)16-1-2-20-4-6(16)3-7(17)18/h6,8H,1-5H2,(H,15,19)(H,17,18). The van der Waals surface area contributed by atoms with Crippen molar-refractivity contribution >= 4 is 23.8 Å². The number of thioether (sulfide) groups is 1. The van der Waals surface area contributed by atoms with Crippen LogP contribution in [0, 0.1) is 0 Å². The highest BCUT2D eigenvalue weighted by atomic mass is 32.2. The third-order valence-corrected chi connectivity index (χ3v) is 3.78. The molecule has 116 valence electrons. The second kappa shape index (κ2) is 7.00. The van der Waals surface area contributed by atoms with Crippen LogP contribution in [-0.2, 0) is 4.79 Å². The van der Waals surface area contributed by atoms with Crippen LogP contribution in [0.1, 0.15) is 6.42 Å². The van der Waals surface area contributed by atoms with Gasteiger partial charge in [0.25, 0.3) is 0 Å². The minimum atomic E-state index is -4.30. The molecule has 1 unspecified atom stereocenters. The van der Waals surface area contributed by atoms with Gasteiger partial charge in [-0.2, -0.15) is 20.5 Å². The van der Waals surface area contributed by atoms with Gasteiger partial charge < -0.3 is 15.3 Å². The fourth-order valence-corrected chi connectivity index (χ4v) is 2.73. The van der Waals surface area contributed by atoms with Crippen molar-refractivity contribution in [1.29, 1.82) is 0 Å². The molecular weight excluding hydrogens is 304 g/mol. The maximum Gasteiger partial charge on any atom is 0.324 e. The number of halogens is 4. The van der Waals surface area contributed by atoms with Gasteiger partial charge in [-0.25, -0.2) is 13.6 Å². The van der Waals surface area contributed by atoms with Crippen LogP contribution in [-0.4, -0.2) is 65.0 Å². The molecular formula is C10H14F4N2O3S. The van der Waals surface area contributed by atoms with E-state index in [1.165, 1.54) is 11.8 Å². The minimum Gasteiger partial charge on any atom is -0.481 e. The highest BCUT2D eigenvalue weighted by Crippen LogP contribution is 2.22. The number of carbonyl (C=O) groups excluding carboxylic acids is 1. The lowest BCUT2D eigenvalue weighted by Gasteiger charge is -2.34. The molecule has 1 aliphatic rings. The largest absolute Gasteiger partial charge is 0.481 e. The average Bonchev–Trinajstić information content (AvgIpc) is 2.36. The van der Waals surface area contributed by atoms with Crippen LogP contribution in [0.15, 0.2) is 0 Å². The summed E-state index contributed by atoms with van der Waals surface area (Å²) in [5.41, 5.74) is 0. The van der Waals surface area contributed by atoms with E-state index in [0.29, 0.717) is 11.5 Å². The molecule has 0 radical (unpaired) electrons. The van der Waals surface area contributed by atoms with Crippen LogP contribution < -0.4 is 5.32 Å². The number of hydrogen-bond donors (Lipinski definition) is 2. The van der Waals surface area contributed by atoms with Gasteiger partial charge in [0.05, 0.1) is 19.0 Å². The van der Waals surface area contributed by atoms with E-state index in [1.54, 1.807) is 5.32 Å². The first-order valence-electron chi connectivity index (χ1n) is 5.74. The Morgan fingerprint density at radius 3 is 2.65 bits per heavy atom. The van der Waals surface area contributed by atoms with Gasteiger partial charge in [-0.3, -0.25) is 4.79 Å². The summed E-state index contributed by atoms with van der Waals surface area (Å²) in [5, 5.41) is 10.4. The molecule has 2 amide bonds. The van der Waals surface area contributed by atoms with Gasteiger partial charge in [0.2, 0.25) is 0 Å². The molecule has 1 heterocycles. The van der Waals surface area contributed by atoms with Gasteiger partial charge in [0, 0.05) is 18.1 Å². The molecule has 0 saturated carbocycles. The number of alkyl halides is 4. The van der Waals surface area contributed by atoms with Crippen LogP contribution in [0.5, 0.6) is 0 Å². The van der Waals surface area contributed by atoms with Crippen molar-refractivity contribution in [2.75, 3.05) is 24.6 Å². The quantitative estimate of drug-likeness (QED) is 0.754. The average molecular weight is 318 g/mol. The molecule has 0 aromatic rings. The number of nitrogens with zero attached hydrogens (tertiary/aromatic N) is 1. The van der Waals surface area contributed by atoms with E-state index in [9.17, 15) is 27.2 Å². The summed E-state index contributed by atoms with van der Waals surface area (Å²) in [7, 11) is 0. The highest BCUT2D eigenvalue weighted by molar-refractivity contribution is 7.99. The van der Waals surface area contributed by atoms with Gasteiger partial charge in [-0.1, -0.05) is 0 Å². The Bertz CT molecular complexity index is 370.